The van der Waals surface area contributed by atoms with Crippen LogP contribution in [0, 0.1) is 0 Å². The molecule has 2 aromatic carbocycles. The van der Waals surface area contributed by atoms with Gasteiger partial charge in [0.1, 0.15) is 6.04 Å². The number of nitrogens with zero attached hydrogens (tertiary/aromatic N) is 1. The van der Waals surface area contributed by atoms with Gasteiger partial charge >= 0.3 is 5.97 Å². The van der Waals surface area contributed by atoms with Gasteiger partial charge in [-0.05, 0) is 56.7 Å². The van der Waals surface area contributed by atoms with Crippen molar-refractivity contribution in [2.75, 3.05) is 16.8 Å². The van der Waals surface area contributed by atoms with Crippen molar-refractivity contribution in [3.63, 3.8) is 0 Å². The molecule has 0 bridgehead atoms. The second kappa shape index (κ2) is 9.23. The van der Waals surface area contributed by atoms with Gasteiger partial charge in [0.15, 0.2) is 6.61 Å². The fourth-order valence-electron chi connectivity index (χ4n) is 3.26. The molecule has 0 aliphatic carbocycles. The van der Waals surface area contributed by atoms with Crippen LogP contribution in [-0.4, -0.2) is 36.5 Å². The van der Waals surface area contributed by atoms with Gasteiger partial charge < -0.3 is 20.3 Å². The highest BCUT2D eigenvalue weighted by Crippen LogP contribution is 2.28. The third kappa shape index (κ3) is 5.34. The Morgan fingerprint density at radius 3 is 2.34 bits per heavy atom. The first kappa shape index (κ1) is 20.4. The molecule has 2 aromatic rings. The SMILES string of the molecule is CC(C)N(c1ccccc1)c1ccc(NC(=O)COC(=O)C2CCC(=O)N2)cc1. The molecule has 0 saturated carbocycles. The lowest BCUT2D eigenvalue weighted by Gasteiger charge is -2.29. The Kier molecular flexibility index (Phi) is 6.49. The molecule has 29 heavy (non-hydrogen) atoms. The van der Waals surface area contributed by atoms with E-state index >= 15 is 0 Å². The van der Waals surface area contributed by atoms with Crippen molar-refractivity contribution in [2.24, 2.45) is 0 Å². The maximum absolute atomic E-state index is 12.1. The number of carbonyl (C=O) groups is 3. The van der Waals surface area contributed by atoms with Gasteiger partial charge in [0.2, 0.25) is 5.91 Å². The zero-order valence-corrected chi connectivity index (χ0v) is 16.6. The van der Waals surface area contributed by atoms with Crippen molar-refractivity contribution in [3.8, 4) is 0 Å². The summed E-state index contributed by atoms with van der Waals surface area (Å²) in [4.78, 5) is 37.2. The molecule has 1 fully saturated rings. The predicted molar refractivity (Wildman–Crippen MR) is 111 cm³/mol. The molecule has 2 N–H and O–H groups in total. The minimum absolute atomic E-state index is 0.178. The van der Waals surface area contributed by atoms with E-state index in [1.807, 2.05) is 42.5 Å². The van der Waals surface area contributed by atoms with Crippen LogP contribution in [0.2, 0.25) is 0 Å². The first-order chi connectivity index (χ1) is 13.9. The molecule has 1 atom stereocenters. The summed E-state index contributed by atoms with van der Waals surface area (Å²) in [7, 11) is 0. The molecule has 0 radical (unpaired) electrons. The molecule has 7 heteroatoms. The third-order valence-corrected chi connectivity index (χ3v) is 4.61. The van der Waals surface area contributed by atoms with Crippen LogP contribution < -0.4 is 15.5 Å². The minimum atomic E-state index is -0.658. The first-order valence-corrected chi connectivity index (χ1v) is 9.64. The van der Waals surface area contributed by atoms with E-state index in [2.05, 4.69) is 41.5 Å². The maximum atomic E-state index is 12.1. The molecule has 1 heterocycles. The van der Waals surface area contributed by atoms with Gasteiger partial charge in [-0.25, -0.2) is 4.79 Å². The van der Waals surface area contributed by atoms with Crippen LogP contribution in [0.5, 0.6) is 0 Å². The summed E-state index contributed by atoms with van der Waals surface area (Å²) < 4.78 is 4.99. The van der Waals surface area contributed by atoms with Gasteiger partial charge in [-0.3, -0.25) is 9.59 Å². The highest BCUT2D eigenvalue weighted by Gasteiger charge is 2.28. The van der Waals surface area contributed by atoms with Crippen LogP contribution in [0.1, 0.15) is 26.7 Å². The van der Waals surface area contributed by atoms with Crippen LogP contribution in [0.15, 0.2) is 54.6 Å². The van der Waals surface area contributed by atoms with E-state index in [0.29, 0.717) is 18.5 Å². The topological polar surface area (TPSA) is 87.7 Å². The van der Waals surface area contributed by atoms with E-state index < -0.39 is 24.5 Å². The van der Waals surface area contributed by atoms with Crippen LogP contribution in [0.25, 0.3) is 0 Å². The lowest BCUT2D eigenvalue weighted by atomic mass is 10.2. The van der Waals surface area contributed by atoms with E-state index in [-0.39, 0.29) is 11.9 Å². The number of benzene rings is 2. The number of anilines is 3. The summed E-state index contributed by atoms with van der Waals surface area (Å²) in [5.41, 5.74) is 2.71. The molecular formula is C22H25N3O4. The molecule has 152 valence electrons. The molecular weight excluding hydrogens is 370 g/mol. The van der Waals surface area contributed by atoms with Gasteiger partial charge in [-0.1, -0.05) is 18.2 Å². The van der Waals surface area contributed by atoms with E-state index in [1.165, 1.54) is 0 Å². The number of hydrogen-bond acceptors (Lipinski definition) is 5. The van der Waals surface area contributed by atoms with Crippen LogP contribution in [0.3, 0.4) is 0 Å². The highest BCUT2D eigenvalue weighted by molar-refractivity contribution is 5.94. The van der Waals surface area contributed by atoms with E-state index in [0.717, 1.165) is 11.4 Å². The fraction of sp³-hybridized carbons (Fsp3) is 0.318. The summed E-state index contributed by atoms with van der Waals surface area (Å²) in [5, 5.41) is 5.23. The number of esters is 1. The molecule has 0 aromatic heterocycles. The van der Waals surface area contributed by atoms with Crippen molar-refractivity contribution in [1.82, 2.24) is 5.32 Å². The lowest BCUT2D eigenvalue weighted by molar-refractivity contribution is -0.149. The van der Waals surface area contributed by atoms with E-state index in [1.54, 1.807) is 0 Å². The van der Waals surface area contributed by atoms with Crippen molar-refractivity contribution >= 4 is 34.8 Å². The monoisotopic (exact) mass is 395 g/mol. The average Bonchev–Trinajstić information content (AvgIpc) is 3.15. The average molecular weight is 395 g/mol. The third-order valence-electron chi connectivity index (χ3n) is 4.61. The summed E-state index contributed by atoms with van der Waals surface area (Å²) in [6.45, 7) is 3.84. The Hall–Kier alpha value is -3.35. The van der Waals surface area contributed by atoms with Gasteiger partial charge in [0, 0.05) is 29.5 Å². The normalized spacial score (nSPS) is 15.7. The summed E-state index contributed by atoms with van der Waals surface area (Å²) >= 11 is 0. The molecule has 1 unspecified atom stereocenters. The minimum Gasteiger partial charge on any atom is -0.454 e. The number of para-hydroxylation sites is 1. The molecule has 0 spiro atoms. The zero-order valence-electron chi connectivity index (χ0n) is 16.6. The van der Waals surface area contributed by atoms with Gasteiger partial charge in [-0.2, -0.15) is 0 Å². The Morgan fingerprint density at radius 1 is 1.10 bits per heavy atom. The fourth-order valence-corrected chi connectivity index (χ4v) is 3.26. The highest BCUT2D eigenvalue weighted by atomic mass is 16.5. The smallest absolute Gasteiger partial charge is 0.329 e. The zero-order chi connectivity index (χ0) is 20.8. The van der Waals surface area contributed by atoms with Crippen molar-refractivity contribution in [1.29, 1.82) is 0 Å². The Bertz CT molecular complexity index is 865. The molecule has 7 nitrogen and oxygen atoms in total. The lowest BCUT2D eigenvalue weighted by Crippen LogP contribution is -2.36. The first-order valence-electron chi connectivity index (χ1n) is 9.64. The number of ether oxygens (including phenoxy) is 1. The second-order valence-electron chi connectivity index (χ2n) is 7.16. The van der Waals surface area contributed by atoms with Gasteiger partial charge in [0.25, 0.3) is 5.91 Å². The molecule has 1 aliphatic heterocycles. The summed E-state index contributed by atoms with van der Waals surface area (Å²) in [6, 6.07) is 17.2. The Balaban J connectivity index is 1.56. The molecule has 3 rings (SSSR count). The van der Waals surface area contributed by atoms with Gasteiger partial charge in [-0.15, -0.1) is 0 Å². The largest absolute Gasteiger partial charge is 0.454 e. The molecule has 2 amide bonds. The molecule has 1 aliphatic rings. The Morgan fingerprint density at radius 2 is 1.76 bits per heavy atom. The quantitative estimate of drug-likeness (QED) is 0.704. The van der Waals surface area contributed by atoms with Crippen molar-refractivity contribution in [3.05, 3.63) is 54.6 Å². The van der Waals surface area contributed by atoms with Crippen LogP contribution >= 0.6 is 0 Å². The van der Waals surface area contributed by atoms with E-state index in [9.17, 15) is 14.4 Å². The van der Waals surface area contributed by atoms with Crippen molar-refractivity contribution < 1.29 is 19.1 Å². The van der Waals surface area contributed by atoms with E-state index in [4.69, 9.17) is 4.74 Å². The number of amides is 2. The Labute approximate surface area is 170 Å². The molecule has 1 saturated heterocycles. The predicted octanol–water partition coefficient (Wildman–Crippen LogP) is 2.99. The van der Waals surface area contributed by atoms with Crippen LogP contribution in [-0.2, 0) is 19.1 Å². The number of hydrogen-bond donors (Lipinski definition) is 2. The van der Waals surface area contributed by atoms with Crippen molar-refractivity contribution in [2.45, 2.75) is 38.8 Å². The number of rotatable bonds is 7. The number of nitrogens with one attached hydrogen (secondary N) is 2. The standard InChI is InChI=1S/C22H25N3O4/c1-15(2)25(17-6-4-3-5-7-17)18-10-8-16(9-11-18)23-21(27)14-29-22(28)19-12-13-20(26)24-19/h3-11,15,19H,12-14H2,1-2H3,(H,23,27)(H,24,26). The second-order valence-corrected chi connectivity index (χ2v) is 7.16. The summed E-state index contributed by atoms with van der Waals surface area (Å²) in [5.74, 6) is -1.20. The summed E-state index contributed by atoms with van der Waals surface area (Å²) in [6.07, 6.45) is 0.698. The van der Waals surface area contributed by atoms with Gasteiger partial charge in [0.05, 0.1) is 0 Å². The maximum Gasteiger partial charge on any atom is 0.329 e. The number of carbonyl (C=O) groups excluding carboxylic acids is 3. The van der Waals surface area contributed by atoms with Crippen LogP contribution in [0.4, 0.5) is 17.1 Å².